The molecule has 1 aromatic heterocycles. The molecule has 0 radical (unpaired) electrons. The Kier molecular flexibility index (Phi) is 8.80. The molecule has 1 aliphatic heterocycles. The summed E-state index contributed by atoms with van der Waals surface area (Å²) in [5.41, 5.74) is 5.35. The SMILES string of the molecule is CN1C=CN(c2[c-]cc(Br)cc2)[CH-]1.[Ir+3].[c-]1ccccc1-c1ccc(-c2ccccc2)cn1. The van der Waals surface area contributed by atoms with E-state index in [1.54, 1.807) is 0 Å². The van der Waals surface area contributed by atoms with Gasteiger partial charge >= 0.3 is 20.1 Å². The molecule has 160 valence electrons. The van der Waals surface area contributed by atoms with Crippen molar-refractivity contribution in [2.75, 3.05) is 11.9 Å². The minimum atomic E-state index is 0. The summed E-state index contributed by atoms with van der Waals surface area (Å²) in [7, 11) is 2.00. The van der Waals surface area contributed by atoms with Gasteiger partial charge in [-0.15, -0.1) is 63.6 Å². The van der Waals surface area contributed by atoms with Crippen LogP contribution in [0.1, 0.15) is 0 Å². The monoisotopic (exact) mass is 659 g/mol. The van der Waals surface area contributed by atoms with Gasteiger partial charge in [0.2, 0.25) is 0 Å². The molecule has 0 saturated heterocycles. The summed E-state index contributed by atoms with van der Waals surface area (Å²) in [4.78, 5) is 8.51. The van der Waals surface area contributed by atoms with E-state index in [4.69, 9.17) is 0 Å². The first-order valence-corrected chi connectivity index (χ1v) is 10.7. The molecule has 5 rings (SSSR count). The Balaban J connectivity index is 0.000000184. The number of hydrogen-bond acceptors (Lipinski definition) is 3. The maximum absolute atomic E-state index is 4.49. The third-order valence-electron chi connectivity index (χ3n) is 4.66. The number of anilines is 1. The van der Waals surface area contributed by atoms with Gasteiger partial charge < -0.3 is 14.8 Å². The number of benzene rings is 3. The van der Waals surface area contributed by atoms with Crippen LogP contribution in [0.5, 0.6) is 0 Å². The first kappa shape index (κ1) is 23.9. The molecule has 0 fully saturated rings. The van der Waals surface area contributed by atoms with Gasteiger partial charge in [-0.2, -0.15) is 24.9 Å². The minimum absolute atomic E-state index is 0. The summed E-state index contributed by atoms with van der Waals surface area (Å²) in [5.74, 6) is 0. The molecule has 3 aromatic carbocycles. The van der Waals surface area contributed by atoms with Crippen molar-refractivity contribution < 1.29 is 20.1 Å². The topological polar surface area (TPSA) is 19.4 Å². The zero-order chi connectivity index (χ0) is 21.5. The number of pyridine rings is 1. The van der Waals surface area contributed by atoms with Crippen molar-refractivity contribution in [3.8, 4) is 22.4 Å². The van der Waals surface area contributed by atoms with E-state index in [1.807, 2.05) is 109 Å². The second kappa shape index (κ2) is 11.8. The number of nitrogens with zero attached hydrogens (tertiary/aromatic N) is 3. The summed E-state index contributed by atoms with van der Waals surface area (Å²) < 4.78 is 1.05. The van der Waals surface area contributed by atoms with Crippen LogP contribution in [-0.2, 0) is 20.1 Å². The summed E-state index contributed by atoms with van der Waals surface area (Å²) in [6.45, 7) is 2.00. The van der Waals surface area contributed by atoms with Crippen molar-refractivity contribution in [1.29, 1.82) is 0 Å². The van der Waals surface area contributed by atoms with Crippen molar-refractivity contribution in [2.24, 2.45) is 0 Å². The molecule has 0 amide bonds. The molecule has 0 N–H and O–H groups in total. The van der Waals surface area contributed by atoms with Crippen molar-refractivity contribution >= 4 is 21.6 Å². The van der Waals surface area contributed by atoms with Crippen LogP contribution in [0.25, 0.3) is 22.4 Å². The van der Waals surface area contributed by atoms with E-state index in [0.717, 1.165) is 27.0 Å². The van der Waals surface area contributed by atoms with E-state index in [-0.39, 0.29) is 20.1 Å². The average Bonchev–Trinajstić information content (AvgIpc) is 3.27. The maximum atomic E-state index is 4.49. The summed E-state index contributed by atoms with van der Waals surface area (Å²) in [5, 5.41) is 0. The molecule has 2 heterocycles. The number of halogens is 1. The largest absolute Gasteiger partial charge is 3.00 e. The third kappa shape index (κ3) is 6.39. The van der Waals surface area contributed by atoms with Gasteiger partial charge in [-0.25, -0.2) is 0 Å². The van der Waals surface area contributed by atoms with Crippen LogP contribution in [0.15, 0.2) is 108 Å². The van der Waals surface area contributed by atoms with Gasteiger partial charge in [0, 0.05) is 6.20 Å². The first-order chi connectivity index (χ1) is 15.2. The molecule has 0 saturated carbocycles. The van der Waals surface area contributed by atoms with Crippen LogP contribution in [0.2, 0.25) is 0 Å². The fraction of sp³-hybridized carbons (Fsp3) is 0.0370. The van der Waals surface area contributed by atoms with E-state index >= 15 is 0 Å². The quantitative estimate of drug-likeness (QED) is 0.226. The van der Waals surface area contributed by atoms with Gasteiger partial charge in [0.25, 0.3) is 0 Å². The molecule has 3 nitrogen and oxygen atoms in total. The molecule has 0 unspecified atom stereocenters. The van der Waals surface area contributed by atoms with E-state index in [0.29, 0.717) is 0 Å². The Hall–Kier alpha value is -2.72. The fourth-order valence-electron chi connectivity index (χ4n) is 3.06. The van der Waals surface area contributed by atoms with E-state index < -0.39 is 0 Å². The van der Waals surface area contributed by atoms with Crippen molar-refractivity contribution in [2.45, 2.75) is 0 Å². The average molecular weight is 660 g/mol. The first-order valence-electron chi connectivity index (χ1n) is 9.88. The van der Waals surface area contributed by atoms with E-state index in [9.17, 15) is 0 Å². The van der Waals surface area contributed by atoms with Crippen LogP contribution in [0.4, 0.5) is 5.69 Å². The van der Waals surface area contributed by atoms with Gasteiger partial charge in [-0.05, 0) is 36.3 Å². The van der Waals surface area contributed by atoms with E-state index in [2.05, 4.69) is 51.2 Å². The summed E-state index contributed by atoms with van der Waals surface area (Å²) in [6.07, 6.45) is 5.90. The minimum Gasteiger partial charge on any atom is -0.510 e. The Labute approximate surface area is 211 Å². The van der Waals surface area contributed by atoms with Gasteiger partial charge in [0.1, 0.15) is 0 Å². The Morgan fingerprint density at radius 3 is 2.25 bits per heavy atom. The normalized spacial score (nSPS) is 12.1. The molecule has 0 aliphatic carbocycles. The number of aromatic nitrogens is 1. The number of rotatable bonds is 3. The Morgan fingerprint density at radius 2 is 1.66 bits per heavy atom. The van der Waals surface area contributed by atoms with Crippen LogP contribution in [0, 0.1) is 18.8 Å². The maximum Gasteiger partial charge on any atom is 3.00 e. The predicted molar refractivity (Wildman–Crippen MR) is 131 cm³/mol. The van der Waals surface area contributed by atoms with Crippen LogP contribution >= 0.6 is 15.9 Å². The summed E-state index contributed by atoms with van der Waals surface area (Å²) >= 11 is 3.38. The van der Waals surface area contributed by atoms with Crippen LogP contribution in [-0.4, -0.2) is 16.9 Å². The standard InChI is InChI=1S/C17H12N.C10H9BrN2.Ir/c1-3-7-14(8-4-1)16-11-12-17(18-13-16)15-9-5-2-6-10-15;1-12-6-7-13(8-12)10-4-2-9(11)3-5-10;/h1-9,11-13H;2-4,6-8H,1H3;/q-1;-2;+3. The molecule has 0 atom stereocenters. The third-order valence-corrected chi connectivity index (χ3v) is 5.15. The molecule has 0 spiro atoms. The fourth-order valence-corrected chi connectivity index (χ4v) is 3.30. The van der Waals surface area contributed by atoms with Gasteiger partial charge in [-0.1, -0.05) is 46.9 Å². The van der Waals surface area contributed by atoms with Gasteiger partial charge in [-0.3, -0.25) is 0 Å². The number of hydrogen-bond donors (Lipinski definition) is 0. The van der Waals surface area contributed by atoms with Gasteiger partial charge in [0.05, 0.1) is 0 Å². The molecule has 4 aromatic rings. The molecular formula is C27H21BrIrN3. The van der Waals surface area contributed by atoms with Gasteiger partial charge in [0.15, 0.2) is 0 Å². The molecule has 32 heavy (non-hydrogen) atoms. The Morgan fingerprint density at radius 1 is 0.844 bits per heavy atom. The van der Waals surface area contributed by atoms with Crippen LogP contribution in [0.3, 0.4) is 0 Å². The summed E-state index contributed by atoms with van der Waals surface area (Å²) in [6, 6.07) is 34.6. The van der Waals surface area contributed by atoms with Crippen molar-refractivity contribution in [3.63, 3.8) is 0 Å². The second-order valence-corrected chi connectivity index (χ2v) is 7.87. The smallest absolute Gasteiger partial charge is 0.510 e. The predicted octanol–water partition coefficient (Wildman–Crippen LogP) is 6.80. The zero-order valence-electron chi connectivity index (χ0n) is 17.4. The van der Waals surface area contributed by atoms with E-state index in [1.165, 1.54) is 5.56 Å². The van der Waals surface area contributed by atoms with Crippen molar-refractivity contribution in [1.82, 2.24) is 9.88 Å². The molecule has 1 aliphatic rings. The van der Waals surface area contributed by atoms with Crippen LogP contribution < -0.4 is 4.90 Å². The molecule has 0 bridgehead atoms. The Bertz CT molecular complexity index is 1060. The second-order valence-electron chi connectivity index (χ2n) is 6.95. The molecular weight excluding hydrogens is 638 g/mol. The molecule has 5 heteroatoms. The van der Waals surface area contributed by atoms with Crippen molar-refractivity contribution in [3.05, 3.63) is 127 Å². The zero-order valence-corrected chi connectivity index (χ0v) is 21.4.